The Balaban J connectivity index is 0.000000401. The molecular weight excluding hydrogens is 188 g/mol. The van der Waals surface area contributed by atoms with Gasteiger partial charge in [0.25, 0.3) is 0 Å². The average molecular weight is 215 g/mol. The fourth-order valence-electron chi connectivity index (χ4n) is 1.49. The number of ether oxygens (including phenoxy) is 1. The number of unbranched alkanes of at least 4 members (excludes halogenated alkanes) is 2. The predicted molar refractivity (Wildman–Crippen MR) is 64.7 cm³/mol. The molecule has 0 aromatic rings. The van der Waals surface area contributed by atoms with Gasteiger partial charge in [0.1, 0.15) is 0 Å². The summed E-state index contributed by atoms with van der Waals surface area (Å²) in [4.78, 5) is 0. The Labute approximate surface area is 95.0 Å². The van der Waals surface area contributed by atoms with Crippen molar-refractivity contribution in [3.05, 3.63) is 6.92 Å². The van der Waals surface area contributed by atoms with Crippen molar-refractivity contribution in [2.75, 3.05) is 13.2 Å². The maximum Gasteiger partial charge on any atom is 0.0810 e. The molecule has 2 atom stereocenters. The summed E-state index contributed by atoms with van der Waals surface area (Å²) < 4.78 is 4.60. The lowest BCUT2D eigenvalue weighted by atomic mass is 9.98. The minimum absolute atomic E-state index is 0.333. The highest BCUT2D eigenvalue weighted by atomic mass is 16.6. The van der Waals surface area contributed by atoms with Crippen molar-refractivity contribution in [2.24, 2.45) is 5.92 Å². The highest BCUT2D eigenvalue weighted by Crippen LogP contribution is 2.14. The van der Waals surface area contributed by atoms with Crippen LogP contribution < -0.4 is 0 Å². The molecule has 1 saturated heterocycles. The number of hydrogen-bond acceptors (Lipinski definition) is 2. The Morgan fingerprint density at radius 1 is 1.27 bits per heavy atom. The third-order valence-corrected chi connectivity index (χ3v) is 2.57. The van der Waals surface area contributed by atoms with Gasteiger partial charge in [-0.15, -0.1) is 0 Å². The second-order valence-corrected chi connectivity index (χ2v) is 4.29. The molecule has 1 heterocycles. The van der Waals surface area contributed by atoms with Gasteiger partial charge < -0.3 is 9.84 Å². The van der Waals surface area contributed by atoms with Crippen LogP contribution in [-0.2, 0) is 4.74 Å². The first-order valence-electron chi connectivity index (χ1n) is 6.30. The fraction of sp³-hybridized carbons (Fsp3) is 0.923. The molecule has 2 unspecified atom stereocenters. The predicted octanol–water partition coefficient (Wildman–Crippen LogP) is 3.19. The average Bonchev–Trinajstić information content (AvgIpc) is 3.01. The molecule has 1 N–H and O–H groups in total. The molecular formula is C13H27O2. The van der Waals surface area contributed by atoms with Gasteiger partial charge in [-0.05, 0) is 25.7 Å². The molecule has 0 bridgehead atoms. The maximum absolute atomic E-state index is 8.96. The molecule has 1 aliphatic rings. The van der Waals surface area contributed by atoms with E-state index in [0.717, 1.165) is 6.61 Å². The third-order valence-electron chi connectivity index (χ3n) is 2.57. The molecule has 2 heteroatoms. The normalized spacial score (nSPS) is 20.4. The largest absolute Gasteiger partial charge is 0.396 e. The molecule has 0 spiro atoms. The summed E-state index contributed by atoms with van der Waals surface area (Å²) in [6.07, 6.45) is 7.85. The van der Waals surface area contributed by atoms with Crippen LogP contribution in [-0.4, -0.2) is 24.4 Å². The third kappa shape index (κ3) is 11.8. The van der Waals surface area contributed by atoms with Gasteiger partial charge in [0.2, 0.25) is 0 Å². The Morgan fingerprint density at radius 2 is 1.87 bits per heavy atom. The number of hydrogen-bond donors (Lipinski definition) is 1. The molecule has 0 aliphatic carbocycles. The van der Waals surface area contributed by atoms with Crippen LogP contribution in [0.4, 0.5) is 0 Å². The van der Waals surface area contributed by atoms with E-state index in [4.69, 9.17) is 5.11 Å². The van der Waals surface area contributed by atoms with Gasteiger partial charge in [0, 0.05) is 6.61 Å². The van der Waals surface area contributed by atoms with Gasteiger partial charge >= 0.3 is 0 Å². The molecule has 0 saturated carbocycles. The zero-order valence-corrected chi connectivity index (χ0v) is 10.4. The van der Waals surface area contributed by atoms with E-state index in [1.807, 2.05) is 0 Å². The second kappa shape index (κ2) is 10.4. The van der Waals surface area contributed by atoms with E-state index < -0.39 is 0 Å². The Morgan fingerprint density at radius 3 is 2.20 bits per heavy atom. The second-order valence-electron chi connectivity index (χ2n) is 4.29. The van der Waals surface area contributed by atoms with Crippen LogP contribution in [0.5, 0.6) is 0 Å². The molecule has 1 aliphatic heterocycles. The first-order valence-corrected chi connectivity index (χ1v) is 6.30. The van der Waals surface area contributed by atoms with Crippen LogP contribution in [0.15, 0.2) is 0 Å². The quantitative estimate of drug-likeness (QED) is 0.522. The van der Waals surface area contributed by atoms with Gasteiger partial charge in [-0.1, -0.05) is 39.5 Å². The van der Waals surface area contributed by atoms with Crippen molar-refractivity contribution < 1.29 is 9.84 Å². The number of epoxide rings is 1. The lowest BCUT2D eigenvalue weighted by Gasteiger charge is -2.11. The monoisotopic (exact) mass is 215 g/mol. The minimum atomic E-state index is 0.333. The highest BCUT2D eigenvalue weighted by Gasteiger charge is 2.13. The summed E-state index contributed by atoms with van der Waals surface area (Å²) >= 11 is 0. The number of aliphatic hydroxyl groups is 1. The van der Waals surface area contributed by atoms with E-state index in [1.54, 1.807) is 0 Å². The minimum Gasteiger partial charge on any atom is -0.396 e. The molecule has 0 aromatic carbocycles. The Hall–Kier alpha value is -0.0800. The maximum atomic E-state index is 8.96. The van der Waals surface area contributed by atoms with Gasteiger partial charge in [-0.25, -0.2) is 0 Å². The summed E-state index contributed by atoms with van der Waals surface area (Å²) in [6.45, 7) is 9.19. The standard InChI is InChI=1S/C10H22O.C3H5O/c1-3-5-6-8-10(9-11)7-4-2;1-3-2-4-3/h10-11H,3-9H2,1-2H3;3H,1-2H2. The first kappa shape index (κ1) is 14.9. The van der Waals surface area contributed by atoms with E-state index in [9.17, 15) is 0 Å². The molecule has 91 valence electrons. The zero-order valence-electron chi connectivity index (χ0n) is 10.4. The van der Waals surface area contributed by atoms with Gasteiger partial charge in [0.05, 0.1) is 12.7 Å². The van der Waals surface area contributed by atoms with Gasteiger partial charge in [-0.3, -0.25) is 0 Å². The SMILES string of the molecule is CCCCCC(CO)CCC.[CH2]C1CO1. The number of aliphatic hydroxyl groups excluding tert-OH is 1. The van der Waals surface area contributed by atoms with Crippen LogP contribution in [0, 0.1) is 12.8 Å². The lowest BCUT2D eigenvalue weighted by Crippen LogP contribution is -2.05. The summed E-state index contributed by atoms with van der Waals surface area (Å²) in [5, 5.41) is 8.96. The molecule has 0 aromatic heterocycles. The van der Waals surface area contributed by atoms with E-state index in [0.29, 0.717) is 18.6 Å². The summed E-state index contributed by atoms with van der Waals surface area (Å²) in [5.41, 5.74) is 0. The van der Waals surface area contributed by atoms with E-state index in [2.05, 4.69) is 25.5 Å². The number of rotatable bonds is 7. The summed E-state index contributed by atoms with van der Waals surface area (Å²) in [7, 11) is 0. The molecule has 2 nitrogen and oxygen atoms in total. The Kier molecular flexibility index (Phi) is 10.4. The molecule has 1 fully saturated rings. The smallest absolute Gasteiger partial charge is 0.0810 e. The topological polar surface area (TPSA) is 32.8 Å². The first-order chi connectivity index (χ1) is 7.24. The zero-order chi connectivity index (χ0) is 11.5. The summed E-state index contributed by atoms with van der Waals surface area (Å²) in [5.74, 6) is 0.576. The van der Waals surface area contributed by atoms with Gasteiger partial charge in [-0.2, -0.15) is 0 Å². The highest BCUT2D eigenvalue weighted by molar-refractivity contribution is 4.69. The molecule has 0 amide bonds. The Bertz CT molecular complexity index is 122. The van der Waals surface area contributed by atoms with Crippen molar-refractivity contribution in [3.63, 3.8) is 0 Å². The van der Waals surface area contributed by atoms with Crippen LogP contribution in [0.1, 0.15) is 52.4 Å². The molecule has 15 heavy (non-hydrogen) atoms. The van der Waals surface area contributed by atoms with Crippen molar-refractivity contribution in [3.8, 4) is 0 Å². The van der Waals surface area contributed by atoms with E-state index >= 15 is 0 Å². The van der Waals surface area contributed by atoms with Crippen molar-refractivity contribution >= 4 is 0 Å². The van der Waals surface area contributed by atoms with Crippen LogP contribution in [0.25, 0.3) is 0 Å². The van der Waals surface area contributed by atoms with E-state index in [1.165, 1.54) is 38.5 Å². The van der Waals surface area contributed by atoms with Crippen LogP contribution in [0.2, 0.25) is 0 Å². The van der Waals surface area contributed by atoms with Crippen LogP contribution in [0.3, 0.4) is 0 Å². The molecule has 1 rings (SSSR count). The van der Waals surface area contributed by atoms with Gasteiger partial charge in [0.15, 0.2) is 0 Å². The van der Waals surface area contributed by atoms with Crippen LogP contribution >= 0.6 is 0 Å². The van der Waals surface area contributed by atoms with E-state index in [-0.39, 0.29) is 0 Å². The van der Waals surface area contributed by atoms with Crippen molar-refractivity contribution in [1.82, 2.24) is 0 Å². The molecule has 1 radical (unpaired) electrons. The van der Waals surface area contributed by atoms with Crippen molar-refractivity contribution in [2.45, 2.75) is 58.5 Å². The lowest BCUT2D eigenvalue weighted by molar-refractivity contribution is 0.207. The summed E-state index contributed by atoms with van der Waals surface area (Å²) in [6, 6.07) is 0. The fourth-order valence-corrected chi connectivity index (χ4v) is 1.49. The van der Waals surface area contributed by atoms with Crippen molar-refractivity contribution in [1.29, 1.82) is 0 Å².